The van der Waals surface area contributed by atoms with Crippen LogP contribution < -0.4 is 10.1 Å². The molecule has 0 aliphatic carbocycles. The van der Waals surface area contributed by atoms with E-state index < -0.39 is 0 Å². The predicted octanol–water partition coefficient (Wildman–Crippen LogP) is 4.48. The summed E-state index contributed by atoms with van der Waals surface area (Å²) < 4.78 is 7.20. The molecule has 2 aromatic heterocycles. The van der Waals surface area contributed by atoms with Crippen molar-refractivity contribution in [2.24, 2.45) is 0 Å². The van der Waals surface area contributed by atoms with Crippen LogP contribution in [0.5, 0.6) is 5.75 Å². The number of ether oxygens (including phenoxy) is 1. The highest BCUT2D eigenvalue weighted by Gasteiger charge is 2.06. The molecule has 25 heavy (non-hydrogen) atoms. The summed E-state index contributed by atoms with van der Waals surface area (Å²) >= 11 is 0. The molecule has 0 atom stereocenters. The third-order valence-corrected chi connectivity index (χ3v) is 4.06. The fourth-order valence-corrected chi connectivity index (χ4v) is 2.91. The van der Waals surface area contributed by atoms with Crippen molar-refractivity contribution in [3.05, 3.63) is 72.7 Å². The van der Waals surface area contributed by atoms with Crippen molar-refractivity contribution >= 4 is 22.3 Å². The van der Waals surface area contributed by atoms with Crippen molar-refractivity contribution in [1.29, 1.82) is 0 Å². The summed E-state index contributed by atoms with van der Waals surface area (Å²) in [4.78, 5) is 4.42. The van der Waals surface area contributed by atoms with Crippen LogP contribution in [0, 0.1) is 6.92 Å². The van der Waals surface area contributed by atoms with Gasteiger partial charge in [-0.25, -0.2) is 4.68 Å². The minimum atomic E-state index is 0.810. The highest BCUT2D eigenvalue weighted by molar-refractivity contribution is 5.93. The predicted molar refractivity (Wildman–Crippen MR) is 99.9 cm³/mol. The Labute approximate surface area is 145 Å². The maximum absolute atomic E-state index is 5.35. The average Bonchev–Trinajstić information content (AvgIpc) is 3.16. The molecular formula is C20H18N4O. The SMILES string of the molecule is COc1ccc2nccc(Nc3cc(C)cc(-n4cccn4)c3)c2c1. The summed E-state index contributed by atoms with van der Waals surface area (Å²) in [6.45, 7) is 2.08. The van der Waals surface area contributed by atoms with E-state index in [-0.39, 0.29) is 0 Å². The number of pyridine rings is 1. The van der Waals surface area contributed by atoms with E-state index in [0.29, 0.717) is 0 Å². The maximum Gasteiger partial charge on any atom is 0.119 e. The van der Waals surface area contributed by atoms with Gasteiger partial charge in [-0.1, -0.05) is 0 Å². The number of nitrogens with zero attached hydrogens (tertiary/aromatic N) is 3. The van der Waals surface area contributed by atoms with Gasteiger partial charge in [-0.3, -0.25) is 4.98 Å². The van der Waals surface area contributed by atoms with E-state index in [4.69, 9.17) is 4.74 Å². The number of hydrogen-bond acceptors (Lipinski definition) is 4. The van der Waals surface area contributed by atoms with Gasteiger partial charge in [0.2, 0.25) is 0 Å². The summed E-state index contributed by atoms with van der Waals surface area (Å²) in [5, 5.41) is 8.83. The molecule has 0 aliphatic heterocycles. The Hall–Kier alpha value is -3.34. The molecule has 1 N–H and O–H groups in total. The summed E-state index contributed by atoms with van der Waals surface area (Å²) in [6, 6.07) is 16.1. The zero-order chi connectivity index (χ0) is 17.2. The number of methoxy groups -OCH3 is 1. The van der Waals surface area contributed by atoms with Crippen LogP contribution in [-0.2, 0) is 0 Å². The fraction of sp³-hybridized carbons (Fsp3) is 0.100. The zero-order valence-corrected chi connectivity index (χ0v) is 14.1. The Morgan fingerprint density at radius 3 is 2.76 bits per heavy atom. The minimum Gasteiger partial charge on any atom is -0.497 e. The minimum absolute atomic E-state index is 0.810. The van der Waals surface area contributed by atoms with E-state index in [0.717, 1.165) is 39.3 Å². The topological polar surface area (TPSA) is 52.0 Å². The first-order chi connectivity index (χ1) is 12.2. The standard InChI is InChI=1S/C20H18N4O/c1-14-10-15(12-16(11-14)24-9-3-7-22-24)23-20-6-8-21-19-5-4-17(25-2)13-18(19)20/h3-13H,1-2H3,(H,21,23). The van der Waals surface area contributed by atoms with Crippen LogP contribution in [0.4, 0.5) is 11.4 Å². The van der Waals surface area contributed by atoms with E-state index >= 15 is 0 Å². The Bertz CT molecular complexity index is 1030. The van der Waals surface area contributed by atoms with Gasteiger partial charge in [0.05, 0.1) is 18.3 Å². The molecular weight excluding hydrogens is 312 g/mol. The molecule has 0 amide bonds. The smallest absolute Gasteiger partial charge is 0.119 e. The van der Waals surface area contributed by atoms with E-state index in [1.54, 1.807) is 19.5 Å². The number of anilines is 2. The summed E-state index contributed by atoms with van der Waals surface area (Å²) in [5.74, 6) is 0.810. The number of hydrogen-bond donors (Lipinski definition) is 1. The molecule has 0 spiro atoms. The number of nitrogens with one attached hydrogen (secondary N) is 1. The first kappa shape index (κ1) is 15.2. The van der Waals surface area contributed by atoms with E-state index in [1.807, 2.05) is 41.2 Å². The van der Waals surface area contributed by atoms with E-state index in [2.05, 4.69) is 40.5 Å². The van der Waals surface area contributed by atoms with Gasteiger partial charge in [0.15, 0.2) is 0 Å². The molecule has 0 saturated heterocycles. The van der Waals surface area contributed by atoms with Crippen LogP contribution >= 0.6 is 0 Å². The Morgan fingerprint density at radius 2 is 1.96 bits per heavy atom. The van der Waals surface area contributed by atoms with Crippen molar-refractivity contribution in [3.8, 4) is 11.4 Å². The monoisotopic (exact) mass is 330 g/mol. The molecule has 5 heteroatoms. The number of benzene rings is 2. The van der Waals surface area contributed by atoms with E-state index in [9.17, 15) is 0 Å². The van der Waals surface area contributed by atoms with Crippen LogP contribution in [0.25, 0.3) is 16.6 Å². The second-order valence-electron chi connectivity index (χ2n) is 5.87. The first-order valence-corrected chi connectivity index (χ1v) is 8.04. The Balaban J connectivity index is 1.76. The summed E-state index contributed by atoms with van der Waals surface area (Å²) in [7, 11) is 1.67. The van der Waals surface area contributed by atoms with Gasteiger partial charge < -0.3 is 10.1 Å². The molecule has 0 unspecified atom stereocenters. The van der Waals surface area contributed by atoms with Crippen LogP contribution in [0.3, 0.4) is 0 Å². The van der Waals surface area contributed by atoms with Crippen LogP contribution in [0.1, 0.15) is 5.56 Å². The fourth-order valence-electron chi connectivity index (χ4n) is 2.91. The molecule has 4 aromatic rings. The molecule has 2 aromatic carbocycles. The largest absolute Gasteiger partial charge is 0.497 e. The number of rotatable bonds is 4. The van der Waals surface area contributed by atoms with Gasteiger partial charge >= 0.3 is 0 Å². The molecule has 0 bridgehead atoms. The molecule has 0 fully saturated rings. The van der Waals surface area contributed by atoms with Gasteiger partial charge in [0.25, 0.3) is 0 Å². The molecule has 124 valence electrons. The first-order valence-electron chi connectivity index (χ1n) is 8.04. The lowest BCUT2D eigenvalue weighted by Crippen LogP contribution is -1.98. The second-order valence-corrected chi connectivity index (χ2v) is 5.87. The molecule has 0 aliphatic rings. The van der Waals surface area contributed by atoms with Crippen LogP contribution in [-0.4, -0.2) is 21.9 Å². The summed E-state index contributed by atoms with van der Waals surface area (Å²) in [6.07, 6.45) is 5.52. The number of fused-ring (bicyclic) bond motifs is 1. The van der Waals surface area contributed by atoms with Crippen molar-refractivity contribution in [2.75, 3.05) is 12.4 Å². The van der Waals surface area contributed by atoms with Gasteiger partial charge in [-0.2, -0.15) is 5.10 Å². The van der Waals surface area contributed by atoms with E-state index in [1.165, 1.54) is 0 Å². The van der Waals surface area contributed by atoms with Gasteiger partial charge in [-0.05, 0) is 61.0 Å². The quantitative estimate of drug-likeness (QED) is 0.599. The third-order valence-electron chi connectivity index (χ3n) is 4.06. The van der Waals surface area contributed by atoms with Gasteiger partial charge in [-0.15, -0.1) is 0 Å². The maximum atomic E-state index is 5.35. The molecule has 2 heterocycles. The summed E-state index contributed by atoms with van der Waals surface area (Å²) in [5.41, 5.74) is 5.09. The van der Waals surface area contributed by atoms with Gasteiger partial charge in [0, 0.05) is 35.4 Å². The zero-order valence-electron chi connectivity index (χ0n) is 14.1. The number of aryl methyl sites for hydroxylation is 1. The lowest BCUT2D eigenvalue weighted by atomic mass is 10.1. The molecule has 5 nitrogen and oxygen atoms in total. The highest BCUT2D eigenvalue weighted by Crippen LogP contribution is 2.29. The molecule has 0 saturated carbocycles. The molecule has 4 rings (SSSR count). The van der Waals surface area contributed by atoms with Gasteiger partial charge in [0.1, 0.15) is 5.75 Å². The van der Waals surface area contributed by atoms with Crippen molar-refractivity contribution in [2.45, 2.75) is 6.92 Å². The van der Waals surface area contributed by atoms with Crippen molar-refractivity contribution in [1.82, 2.24) is 14.8 Å². The van der Waals surface area contributed by atoms with Crippen LogP contribution in [0.15, 0.2) is 67.1 Å². The lowest BCUT2D eigenvalue weighted by molar-refractivity contribution is 0.415. The average molecular weight is 330 g/mol. The number of aromatic nitrogens is 3. The Kier molecular flexibility index (Phi) is 3.82. The normalized spacial score (nSPS) is 10.8. The van der Waals surface area contributed by atoms with Crippen molar-refractivity contribution in [3.63, 3.8) is 0 Å². The third kappa shape index (κ3) is 3.04. The van der Waals surface area contributed by atoms with Crippen LogP contribution in [0.2, 0.25) is 0 Å². The second kappa shape index (κ2) is 6.28. The Morgan fingerprint density at radius 1 is 1.04 bits per heavy atom. The van der Waals surface area contributed by atoms with Crippen molar-refractivity contribution < 1.29 is 4.74 Å². The molecule has 0 radical (unpaired) electrons. The highest BCUT2D eigenvalue weighted by atomic mass is 16.5. The lowest BCUT2D eigenvalue weighted by Gasteiger charge is -2.13.